The molecule has 132 valence electrons. The van der Waals surface area contributed by atoms with Crippen molar-refractivity contribution < 1.29 is 18.1 Å². The highest BCUT2D eigenvalue weighted by atomic mass is 28.4. The monoisotopic (exact) mass is 333 g/mol. The molecule has 0 saturated heterocycles. The average Bonchev–Trinajstić information content (AvgIpc) is 2.31. The molecule has 0 heterocycles. The molecular formula is C16H35NO4Si. The lowest BCUT2D eigenvalue weighted by Crippen LogP contribution is -2.51. The van der Waals surface area contributed by atoms with Crippen molar-refractivity contribution >= 4 is 14.7 Å². The van der Waals surface area contributed by atoms with E-state index in [2.05, 4.69) is 5.32 Å². The first-order chi connectivity index (χ1) is 10.1. The van der Waals surface area contributed by atoms with Gasteiger partial charge in [-0.25, -0.2) is 0 Å². The summed E-state index contributed by atoms with van der Waals surface area (Å²) in [5, 5.41) is 2.93. The van der Waals surface area contributed by atoms with E-state index >= 15 is 0 Å². The Kier molecular flexibility index (Phi) is 10.2. The predicted octanol–water partition coefficient (Wildman–Crippen LogP) is 3.36. The molecule has 0 spiro atoms. The number of hydrogen-bond donors (Lipinski definition) is 1. The highest BCUT2D eigenvalue weighted by Crippen LogP contribution is 2.23. The molecule has 0 aromatic carbocycles. The predicted molar refractivity (Wildman–Crippen MR) is 91.7 cm³/mol. The van der Waals surface area contributed by atoms with Crippen LogP contribution in [0.5, 0.6) is 0 Å². The van der Waals surface area contributed by atoms with E-state index in [0.717, 1.165) is 6.42 Å². The summed E-state index contributed by atoms with van der Waals surface area (Å²) in [6.07, 6.45) is 0.940. The van der Waals surface area contributed by atoms with Gasteiger partial charge in [-0.2, -0.15) is 0 Å². The van der Waals surface area contributed by atoms with Crippen molar-refractivity contribution in [3.63, 3.8) is 0 Å². The van der Waals surface area contributed by atoms with E-state index in [1.54, 1.807) is 0 Å². The minimum atomic E-state index is -2.74. The van der Waals surface area contributed by atoms with Gasteiger partial charge in [0, 0.05) is 36.8 Å². The van der Waals surface area contributed by atoms with Crippen molar-refractivity contribution in [3.8, 4) is 0 Å². The second kappa shape index (κ2) is 10.4. The molecule has 0 aliphatic carbocycles. The molecule has 5 nitrogen and oxygen atoms in total. The Bertz CT molecular complexity index is 293. The van der Waals surface area contributed by atoms with Gasteiger partial charge in [0.05, 0.1) is 0 Å². The summed E-state index contributed by atoms with van der Waals surface area (Å²) < 4.78 is 18.3. The van der Waals surface area contributed by atoms with Gasteiger partial charge in [-0.05, 0) is 48.0 Å². The van der Waals surface area contributed by atoms with Crippen LogP contribution in [0, 0.1) is 5.92 Å². The summed E-state index contributed by atoms with van der Waals surface area (Å²) in [4.78, 5) is 11.6. The molecule has 0 atom stereocenters. The summed E-state index contributed by atoms with van der Waals surface area (Å²) in [5.74, 6) is 0.0827. The second-order valence-corrected chi connectivity index (χ2v) is 9.31. The Balaban J connectivity index is 4.70. The van der Waals surface area contributed by atoms with Crippen molar-refractivity contribution in [3.05, 3.63) is 0 Å². The lowest BCUT2D eigenvalue weighted by molar-refractivity contribution is -0.124. The summed E-state index contributed by atoms with van der Waals surface area (Å²) in [6, 6.07) is 0.708. The van der Waals surface area contributed by atoms with Gasteiger partial charge in [-0.3, -0.25) is 4.79 Å². The van der Waals surface area contributed by atoms with Crippen LogP contribution in [0.1, 0.15) is 61.8 Å². The van der Waals surface area contributed by atoms with Gasteiger partial charge in [0.2, 0.25) is 5.91 Å². The molecule has 0 aromatic heterocycles. The van der Waals surface area contributed by atoms with Crippen LogP contribution in [0.4, 0.5) is 0 Å². The van der Waals surface area contributed by atoms with E-state index in [1.807, 2.05) is 55.4 Å². The Morgan fingerprint density at radius 2 is 1.27 bits per heavy atom. The maximum atomic E-state index is 11.6. The van der Waals surface area contributed by atoms with E-state index in [1.165, 1.54) is 0 Å². The fourth-order valence-electron chi connectivity index (χ4n) is 2.06. The smallest absolute Gasteiger partial charge is 0.371 e. The first-order valence-electron chi connectivity index (χ1n) is 8.39. The summed E-state index contributed by atoms with van der Waals surface area (Å²) in [7, 11) is -2.74. The zero-order valence-corrected chi connectivity index (χ0v) is 16.6. The van der Waals surface area contributed by atoms with Gasteiger partial charge in [0.1, 0.15) is 0 Å². The van der Waals surface area contributed by atoms with Gasteiger partial charge in [0.25, 0.3) is 0 Å². The van der Waals surface area contributed by atoms with Crippen molar-refractivity contribution in [2.75, 3.05) is 6.54 Å². The summed E-state index contributed by atoms with van der Waals surface area (Å²) in [6.45, 7) is 16.4. The van der Waals surface area contributed by atoms with Gasteiger partial charge in [-0.15, -0.1) is 0 Å². The Hall–Kier alpha value is -0.433. The molecule has 0 unspecified atom stereocenters. The standard InChI is InChI=1S/C16H35NO4Si/c1-12(2)16(18)17-10-9-11-22(19-13(3)4,20-14(5)6)21-15(7)8/h12-15H,9-11H2,1-8H3,(H,17,18). The zero-order chi connectivity index (χ0) is 17.3. The maximum Gasteiger partial charge on any atom is 0.501 e. The van der Waals surface area contributed by atoms with E-state index < -0.39 is 8.80 Å². The Morgan fingerprint density at radius 3 is 1.59 bits per heavy atom. The molecule has 0 aliphatic rings. The number of nitrogens with one attached hydrogen (secondary N) is 1. The third-order valence-electron chi connectivity index (χ3n) is 2.73. The lowest BCUT2D eigenvalue weighted by Gasteiger charge is -2.34. The van der Waals surface area contributed by atoms with Crippen LogP contribution in [0.2, 0.25) is 6.04 Å². The van der Waals surface area contributed by atoms with Gasteiger partial charge in [-0.1, -0.05) is 13.8 Å². The van der Waals surface area contributed by atoms with E-state index in [4.69, 9.17) is 13.3 Å². The molecule has 0 aromatic rings. The quantitative estimate of drug-likeness (QED) is 0.465. The van der Waals surface area contributed by atoms with E-state index in [0.29, 0.717) is 12.6 Å². The zero-order valence-electron chi connectivity index (χ0n) is 15.6. The highest BCUT2D eigenvalue weighted by Gasteiger charge is 2.43. The molecule has 6 heteroatoms. The second-order valence-electron chi connectivity index (χ2n) is 6.73. The summed E-state index contributed by atoms with van der Waals surface area (Å²) in [5.41, 5.74) is 0. The number of carbonyl (C=O) groups is 1. The van der Waals surface area contributed by atoms with Crippen LogP contribution in [-0.4, -0.2) is 39.6 Å². The van der Waals surface area contributed by atoms with Crippen LogP contribution in [-0.2, 0) is 18.1 Å². The van der Waals surface area contributed by atoms with Crippen LogP contribution < -0.4 is 5.32 Å². The first kappa shape index (κ1) is 21.6. The van der Waals surface area contributed by atoms with Crippen molar-refractivity contribution in [1.29, 1.82) is 0 Å². The van der Waals surface area contributed by atoms with E-state index in [-0.39, 0.29) is 30.1 Å². The number of amides is 1. The number of hydrogen-bond acceptors (Lipinski definition) is 4. The average molecular weight is 334 g/mol. The molecule has 0 aliphatic heterocycles. The minimum absolute atomic E-state index is 0.00717. The fraction of sp³-hybridized carbons (Fsp3) is 0.938. The van der Waals surface area contributed by atoms with Crippen molar-refractivity contribution in [2.45, 2.75) is 86.2 Å². The number of carbonyl (C=O) groups excluding carboxylic acids is 1. The number of rotatable bonds is 11. The largest absolute Gasteiger partial charge is 0.501 e. The maximum absolute atomic E-state index is 11.6. The van der Waals surface area contributed by atoms with Crippen molar-refractivity contribution in [2.24, 2.45) is 5.92 Å². The molecule has 0 saturated carbocycles. The van der Waals surface area contributed by atoms with E-state index in [9.17, 15) is 4.79 Å². The van der Waals surface area contributed by atoms with Gasteiger partial charge < -0.3 is 18.6 Å². The van der Waals surface area contributed by atoms with Crippen LogP contribution in [0.3, 0.4) is 0 Å². The van der Waals surface area contributed by atoms with Crippen LogP contribution in [0.25, 0.3) is 0 Å². The molecule has 0 bridgehead atoms. The minimum Gasteiger partial charge on any atom is -0.371 e. The SMILES string of the molecule is CC(C)O[Si](CCCNC(=O)C(C)C)(OC(C)C)OC(C)C. The highest BCUT2D eigenvalue weighted by molar-refractivity contribution is 6.60. The van der Waals surface area contributed by atoms with Crippen LogP contribution >= 0.6 is 0 Å². The van der Waals surface area contributed by atoms with Gasteiger partial charge >= 0.3 is 8.80 Å². The lowest BCUT2D eigenvalue weighted by atomic mass is 10.2. The molecular weight excluding hydrogens is 298 g/mol. The molecule has 1 N–H and O–H groups in total. The Labute approximate surface area is 137 Å². The van der Waals surface area contributed by atoms with Crippen LogP contribution in [0.15, 0.2) is 0 Å². The third-order valence-corrected chi connectivity index (χ3v) is 6.19. The summed E-state index contributed by atoms with van der Waals surface area (Å²) >= 11 is 0. The van der Waals surface area contributed by atoms with Gasteiger partial charge in [0.15, 0.2) is 0 Å². The third kappa shape index (κ3) is 9.56. The molecule has 0 rings (SSSR count). The fourth-order valence-corrected chi connectivity index (χ4v) is 5.34. The first-order valence-corrected chi connectivity index (χ1v) is 10.3. The molecule has 1 amide bonds. The topological polar surface area (TPSA) is 56.8 Å². The molecule has 0 fully saturated rings. The van der Waals surface area contributed by atoms with Crippen molar-refractivity contribution in [1.82, 2.24) is 5.32 Å². The molecule has 0 radical (unpaired) electrons. The normalized spacial score (nSPS) is 12.7. The molecule has 22 heavy (non-hydrogen) atoms. The Morgan fingerprint density at radius 1 is 0.864 bits per heavy atom.